The standard InChI is InChI=1S/C12H22N4/c1-3-16-9-11(6-14-16)8-15-5-4-12(13)10(2)7-15/h6,9-10,12H,3-5,7-8,13H2,1-2H3. The summed E-state index contributed by atoms with van der Waals surface area (Å²) in [6.07, 6.45) is 5.23. The molecule has 2 rings (SSSR count). The monoisotopic (exact) mass is 222 g/mol. The Hall–Kier alpha value is -0.870. The lowest BCUT2D eigenvalue weighted by Gasteiger charge is -2.34. The molecule has 1 aliphatic rings. The molecule has 4 nitrogen and oxygen atoms in total. The van der Waals surface area contributed by atoms with Gasteiger partial charge in [-0.25, -0.2) is 0 Å². The number of aromatic nitrogens is 2. The van der Waals surface area contributed by atoms with Gasteiger partial charge < -0.3 is 5.73 Å². The van der Waals surface area contributed by atoms with Crippen LogP contribution >= 0.6 is 0 Å². The lowest BCUT2D eigenvalue weighted by molar-refractivity contribution is 0.158. The van der Waals surface area contributed by atoms with Gasteiger partial charge in [-0.05, 0) is 25.8 Å². The molecule has 0 spiro atoms. The minimum absolute atomic E-state index is 0.384. The molecule has 90 valence electrons. The molecule has 16 heavy (non-hydrogen) atoms. The van der Waals surface area contributed by atoms with E-state index in [-0.39, 0.29) is 0 Å². The molecule has 2 N–H and O–H groups in total. The van der Waals surface area contributed by atoms with Gasteiger partial charge in [0.2, 0.25) is 0 Å². The fourth-order valence-electron chi connectivity index (χ4n) is 2.31. The zero-order valence-corrected chi connectivity index (χ0v) is 10.3. The van der Waals surface area contributed by atoms with Crippen molar-refractivity contribution < 1.29 is 0 Å². The number of aryl methyl sites for hydroxylation is 1. The topological polar surface area (TPSA) is 47.1 Å². The molecule has 4 heteroatoms. The van der Waals surface area contributed by atoms with Gasteiger partial charge in [0, 0.05) is 37.4 Å². The highest BCUT2D eigenvalue weighted by molar-refractivity contribution is 5.04. The molecule has 1 aromatic heterocycles. The molecule has 0 aromatic carbocycles. The Balaban J connectivity index is 1.90. The van der Waals surface area contributed by atoms with Crippen LogP contribution in [0.4, 0.5) is 0 Å². The van der Waals surface area contributed by atoms with E-state index < -0.39 is 0 Å². The molecule has 0 bridgehead atoms. The van der Waals surface area contributed by atoms with Crippen LogP contribution in [-0.2, 0) is 13.1 Å². The normalized spacial score (nSPS) is 27.2. The molecule has 2 unspecified atom stereocenters. The molecule has 2 atom stereocenters. The zero-order valence-electron chi connectivity index (χ0n) is 10.3. The van der Waals surface area contributed by atoms with E-state index in [2.05, 4.69) is 30.0 Å². The van der Waals surface area contributed by atoms with E-state index in [0.717, 1.165) is 32.6 Å². The average Bonchev–Trinajstić information content (AvgIpc) is 2.71. The van der Waals surface area contributed by atoms with Crippen LogP contribution in [0, 0.1) is 5.92 Å². The summed E-state index contributed by atoms with van der Waals surface area (Å²) in [6.45, 7) is 8.53. The molecular formula is C12H22N4. The summed E-state index contributed by atoms with van der Waals surface area (Å²) in [5.41, 5.74) is 7.33. The predicted molar refractivity (Wildman–Crippen MR) is 64.9 cm³/mol. The number of piperidine rings is 1. The highest BCUT2D eigenvalue weighted by Gasteiger charge is 2.23. The van der Waals surface area contributed by atoms with Crippen molar-refractivity contribution in [2.24, 2.45) is 11.7 Å². The number of hydrogen-bond acceptors (Lipinski definition) is 3. The number of nitrogens with two attached hydrogens (primary N) is 1. The van der Waals surface area contributed by atoms with E-state index in [0.29, 0.717) is 12.0 Å². The quantitative estimate of drug-likeness (QED) is 0.832. The second-order valence-electron chi connectivity index (χ2n) is 4.87. The maximum absolute atomic E-state index is 6.02. The van der Waals surface area contributed by atoms with Gasteiger partial charge in [0.1, 0.15) is 0 Å². The van der Waals surface area contributed by atoms with Crippen molar-refractivity contribution >= 4 is 0 Å². The summed E-state index contributed by atoms with van der Waals surface area (Å²) in [5, 5.41) is 4.30. The molecule has 0 amide bonds. The summed E-state index contributed by atoms with van der Waals surface area (Å²) in [4.78, 5) is 2.48. The van der Waals surface area contributed by atoms with Crippen LogP contribution in [-0.4, -0.2) is 33.8 Å². The minimum Gasteiger partial charge on any atom is -0.327 e. The van der Waals surface area contributed by atoms with Crippen LogP contribution < -0.4 is 5.73 Å². The zero-order chi connectivity index (χ0) is 11.5. The smallest absolute Gasteiger partial charge is 0.0534 e. The van der Waals surface area contributed by atoms with Crippen molar-refractivity contribution in [2.45, 2.75) is 39.4 Å². The van der Waals surface area contributed by atoms with Crippen LogP contribution in [0.1, 0.15) is 25.8 Å². The van der Waals surface area contributed by atoms with Crippen molar-refractivity contribution in [1.29, 1.82) is 0 Å². The molecule has 0 saturated carbocycles. The Kier molecular flexibility index (Phi) is 3.61. The fourth-order valence-corrected chi connectivity index (χ4v) is 2.31. The summed E-state index contributed by atoms with van der Waals surface area (Å²) < 4.78 is 1.98. The minimum atomic E-state index is 0.384. The first-order valence-corrected chi connectivity index (χ1v) is 6.18. The Morgan fingerprint density at radius 3 is 3.00 bits per heavy atom. The van der Waals surface area contributed by atoms with Crippen LogP contribution in [0.5, 0.6) is 0 Å². The number of nitrogens with zero attached hydrogens (tertiary/aromatic N) is 3. The number of likely N-dealkylation sites (tertiary alicyclic amines) is 1. The van der Waals surface area contributed by atoms with Crippen molar-refractivity contribution in [3.8, 4) is 0 Å². The molecule has 1 aromatic rings. The number of rotatable bonds is 3. The van der Waals surface area contributed by atoms with Crippen molar-refractivity contribution in [2.75, 3.05) is 13.1 Å². The van der Waals surface area contributed by atoms with E-state index >= 15 is 0 Å². The van der Waals surface area contributed by atoms with Gasteiger partial charge >= 0.3 is 0 Å². The molecular weight excluding hydrogens is 200 g/mol. The lowest BCUT2D eigenvalue weighted by atomic mass is 9.95. The third kappa shape index (κ3) is 2.62. The molecule has 1 fully saturated rings. The van der Waals surface area contributed by atoms with Crippen LogP contribution in [0.15, 0.2) is 12.4 Å². The molecule has 1 saturated heterocycles. The van der Waals surface area contributed by atoms with Crippen molar-refractivity contribution in [3.05, 3.63) is 18.0 Å². The van der Waals surface area contributed by atoms with Crippen LogP contribution in [0.2, 0.25) is 0 Å². The van der Waals surface area contributed by atoms with E-state index in [1.807, 2.05) is 10.9 Å². The second kappa shape index (κ2) is 4.97. The third-order valence-electron chi connectivity index (χ3n) is 3.47. The summed E-state index contributed by atoms with van der Waals surface area (Å²) in [7, 11) is 0. The molecule has 1 aliphatic heterocycles. The van der Waals surface area contributed by atoms with Gasteiger partial charge in [0.15, 0.2) is 0 Å². The summed E-state index contributed by atoms with van der Waals surface area (Å²) in [6, 6.07) is 0.384. The highest BCUT2D eigenvalue weighted by Crippen LogP contribution is 2.16. The SMILES string of the molecule is CCn1cc(CN2CCC(N)C(C)C2)cn1. The summed E-state index contributed by atoms with van der Waals surface area (Å²) >= 11 is 0. The Morgan fingerprint density at radius 1 is 1.56 bits per heavy atom. The van der Waals surface area contributed by atoms with E-state index in [9.17, 15) is 0 Å². The van der Waals surface area contributed by atoms with Gasteiger partial charge in [-0.15, -0.1) is 0 Å². The predicted octanol–water partition coefficient (Wildman–Crippen LogP) is 1.07. The Labute approximate surface area is 97.4 Å². The Morgan fingerprint density at radius 2 is 2.38 bits per heavy atom. The van der Waals surface area contributed by atoms with Crippen LogP contribution in [0.25, 0.3) is 0 Å². The van der Waals surface area contributed by atoms with Gasteiger partial charge in [-0.2, -0.15) is 5.10 Å². The van der Waals surface area contributed by atoms with Gasteiger partial charge in [-0.3, -0.25) is 9.58 Å². The van der Waals surface area contributed by atoms with Gasteiger partial charge in [-0.1, -0.05) is 6.92 Å². The largest absolute Gasteiger partial charge is 0.327 e. The molecule has 2 heterocycles. The fraction of sp³-hybridized carbons (Fsp3) is 0.750. The van der Waals surface area contributed by atoms with Gasteiger partial charge in [0.05, 0.1) is 6.20 Å². The molecule has 0 aliphatic carbocycles. The van der Waals surface area contributed by atoms with Crippen molar-refractivity contribution in [3.63, 3.8) is 0 Å². The molecule has 0 radical (unpaired) electrons. The number of hydrogen-bond donors (Lipinski definition) is 1. The first-order valence-electron chi connectivity index (χ1n) is 6.18. The maximum Gasteiger partial charge on any atom is 0.0534 e. The van der Waals surface area contributed by atoms with Crippen LogP contribution in [0.3, 0.4) is 0 Å². The lowest BCUT2D eigenvalue weighted by Crippen LogP contribution is -2.45. The third-order valence-corrected chi connectivity index (χ3v) is 3.47. The summed E-state index contributed by atoms with van der Waals surface area (Å²) in [5.74, 6) is 0.606. The first-order chi connectivity index (χ1) is 7.69. The van der Waals surface area contributed by atoms with E-state index in [1.165, 1.54) is 5.56 Å². The van der Waals surface area contributed by atoms with E-state index in [4.69, 9.17) is 5.73 Å². The first kappa shape index (κ1) is 11.6. The highest BCUT2D eigenvalue weighted by atomic mass is 15.3. The van der Waals surface area contributed by atoms with Gasteiger partial charge in [0.25, 0.3) is 0 Å². The average molecular weight is 222 g/mol. The Bertz CT molecular complexity index is 334. The maximum atomic E-state index is 6.02. The van der Waals surface area contributed by atoms with E-state index in [1.54, 1.807) is 0 Å². The second-order valence-corrected chi connectivity index (χ2v) is 4.87. The van der Waals surface area contributed by atoms with Crippen molar-refractivity contribution in [1.82, 2.24) is 14.7 Å².